The summed E-state index contributed by atoms with van der Waals surface area (Å²) < 4.78 is 5.64. The number of hydrogen-bond donors (Lipinski definition) is 0. The number of rotatable bonds is 6. The fourth-order valence-corrected chi connectivity index (χ4v) is 5.07. The van der Waals surface area contributed by atoms with Gasteiger partial charge in [0.1, 0.15) is 5.75 Å². The summed E-state index contributed by atoms with van der Waals surface area (Å²) in [5.74, 6) is 1.00. The van der Waals surface area contributed by atoms with Crippen molar-refractivity contribution in [1.82, 2.24) is 9.80 Å². The molecule has 1 saturated carbocycles. The van der Waals surface area contributed by atoms with Crippen molar-refractivity contribution in [3.05, 3.63) is 65.7 Å². The zero-order valence-electron chi connectivity index (χ0n) is 18.0. The standard InChI is InChI=1S/C25H34N2O.2ClH/c1-28-25-15-9-8-12-22(25)20-24(21-10-4-2-5-11-21)27-18-16-26(17-19-27)23-13-6-3-7-14-23;;/h2,4-5,8-12,15,23-24H,3,6-7,13-14,16-20H2,1H3;2*1H. The average molecular weight is 451 g/mol. The molecule has 0 aromatic heterocycles. The van der Waals surface area contributed by atoms with E-state index in [1.165, 1.54) is 56.3 Å². The molecule has 1 saturated heterocycles. The molecule has 30 heavy (non-hydrogen) atoms. The fraction of sp³-hybridized carbons (Fsp3) is 0.520. The van der Waals surface area contributed by atoms with Crippen LogP contribution < -0.4 is 4.74 Å². The van der Waals surface area contributed by atoms with Gasteiger partial charge in [-0.2, -0.15) is 0 Å². The number of halogens is 2. The Morgan fingerprint density at radius 2 is 1.47 bits per heavy atom. The number of benzene rings is 2. The molecular formula is C25H36Cl2N2O. The molecule has 4 rings (SSSR count). The van der Waals surface area contributed by atoms with Gasteiger partial charge in [-0.15, -0.1) is 24.8 Å². The number of ether oxygens (including phenoxy) is 1. The molecule has 1 aliphatic carbocycles. The normalized spacial score (nSPS) is 19.4. The Morgan fingerprint density at radius 1 is 0.833 bits per heavy atom. The fourth-order valence-electron chi connectivity index (χ4n) is 5.07. The van der Waals surface area contributed by atoms with Crippen LogP contribution in [0.4, 0.5) is 0 Å². The quantitative estimate of drug-likeness (QED) is 0.554. The number of nitrogens with zero attached hydrogens (tertiary/aromatic N) is 2. The van der Waals surface area contributed by atoms with Crippen LogP contribution in [0.2, 0.25) is 0 Å². The highest BCUT2D eigenvalue weighted by Crippen LogP contribution is 2.31. The summed E-state index contributed by atoms with van der Waals surface area (Å²) >= 11 is 0. The summed E-state index contributed by atoms with van der Waals surface area (Å²) in [6, 6.07) is 20.7. The number of piperazine rings is 1. The first-order valence-electron chi connectivity index (χ1n) is 11.0. The molecule has 2 aliphatic rings. The molecule has 0 N–H and O–H groups in total. The van der Waals surface area contributed by atoms with Gasteiger partial charge in [0, 0.05) is 38.3 Å². The molecule has 2 aromatic rings. The topological polar surface area (TPSA) is 15.7 Å². The van der Waals surface area contributed by atoms with Gasteiger partial charge in [-0.3, -0.25) is 9.80 Å². The van der Waals surface area contributed by atoms with Crippen LogP contribution in [-0.2, 0) is 6.42 Å². The van der Waals surface area contributed by atoms with E-state index in [0.717, 1.165) is 31.3 Å². The minimum Gasteiger partial charge on any atom is -0.496 e. The van der Waals surface area contributed by atoms with Crippen LogP contribution in [0.5, 0.6) is 5.75 Å². The van der Waals surface area contributed by atoms with Gasteiger partial charge in [-0.05, 0) is 36.5 Å². The lowest BCUT2D eigenvalue weighted by Crippen LogP contribution is -2.51. The van der Waals surface area contributed by atoms with E-state index in [1.54, 1.807) is 7.11 Å². The van der Waals surface area contributed by atoms with Crippen LogP contribution in [-0.4, -0.2) is 49.1 Å². The summed E-state index contributed by atoms with van der Waals surface area (Å²) in [5, 5.41) is 0. The molecule has 0 radical (unpaired) electrons. The second-order valence-corrected chi connectivity index (χ2v) is 8.31. The Balaban J connectivity index is 0.00000160. The molecular weight excluding hydrogens is 415 g/mol. The van der Waals surface area contributed by atoms with E-state index in [1.807, 2.05) is 0 Å². The molecule has 3 nitrogen and oxygen atoms in total. The van der Waals surface area contributed by atoms with E-state index in [2.05, 4.69) is 64.4 Å². The lowest BCUT2D eigenvalue weighted by molar-refractivity contribution is 0.0558. The van der Waals surface area contributed by atoms with E-state index in [-0.39, 0.29) is 24.8 Å². The van der Waals surface area contributed by atoms with Crippen LogP contribution in [0, 0.1) is 0 Å². The van der Waals surface area contributed by atoms with Crippen molar-refractivity contribution in [2.24, 2.45) is 0 Å². The molecule has 166 valence electrons. The van der Waals surface area contributed by atoms with Crippen LogP contribution >= 0.6 is 24.8 Å². The molecule has 0 amide bonds. The van der Waals surface area contributed by atoms with Gasteiger partial charge in [0.2, 0.25) is 0 Å². The molecule has 5 heteroatoms. The van der Waals surface area contributed by atoms with Gasteiger partial charge in [-0.25, -0.2) is 0 Å². The molecule has 1 heterocycles. The first kappa shape index (κ1) is 25.0. The van der Waals surface area contributed by atoms with Crippen LogP contribution in [0.1, 0.15) is 49.3 Å². The predicted molar refractivity (Wildman–Crippen MR) is 130 cm³/mol. The summed E-state index contributed by atoms with van der Waals surface area (Å²) in [5.41, 5.74) is 2.72. The summed E-state index contributed by atoms with van der Waals surface area (Å²) in [6.07, 6.45) is 8.09. The number of methoxy groups -OCH3 is 1. The van der Waals surface area contributed by atoms with Crippen molar-refractivity contribution >= 4 is 24.8 Å². The second-order valence-electron chi connectivity index (χ2n) is 8.31. The van der Waals surface area contributed by atoms with Gasteiger partial charge in [0.25, 0.3) is 0 Å². The van der Waals surface area contributed by atoms with Crippen molar-refractivity contribution in [1.29, 1.82) is 0 Å². The highest BCUT2D eigenvalue weighted by molar-refractivity contribution is 5.85. The summed E-state index contributed by atoms with van der Waals surface area (Å²) in [7, 11) is 1.78. The minimum atomic E-state index is 0. The van der Waals surface area contributed by atoms with Gasteiger partial charge in [-0.1, -0.05) is 67.8 Å². The van der Waals surface area contributed by atoms with E-state index < -0.39 is 0 Å². The highest BCUT2D eigenvalue weighted by Gasteiger charge is 2.29. The zero-order chi connectivity index (χ0) is 19.2. The van der Waals surface area contributed by atoms with Crippen LogP contribution in [0.3, 0.4) is 0 Å². The first-order valence-corrected chi connectivity index (χ1v) is 11.0. The van der Waals surface area contributed by atoms with Crippen molar-refractivity contribution in [3.8, 4) is 5.75 Å². The Hall–Kier alpha value is -1.26. The van der Waals surface area contributed by atoms with E-state index >= 15 is 0 Å². The summed E-state index contributed by atoms with van der Waals surface area (Å²) in [6.45, 7) is 4.73. The Morgan fingerprint density at radius 3 is 2.13 bits per heavy atom. The molecule has 2 aromatic carbocycles. The maximum atomic E-state index is 5.64. The maximum absolute atomic E-state index is 5.64. The average Bonchev–Trinajstić information content (AvgIpc) is 2.79. The smallest absolute Gasteiger partial charge is 0.122 e. The Bertz CT molecular complexity index is 729. The highest BCUT2D eigenvalue weighted by atomic mass is 35.5. The van der Waals surface area contributed by atoms with E-state index in [0.29, 0.717) is 6.04 Å². The van der Waals surface area contributed by atoms with Gasteiger partial charge in [0.05, 0.1) is 7.11 Å². The molecule has 1 unspecified atom stereocenters. The number of hydrogen-bond acceptors (Lipinski definition) is 3. The van der Waals surface area contributed by atoms with Crippen molar-refractivity contribution in [3.63, 3.8) is 0 Å². The SMILES string of the molecule is COc1ccccc1CC(c1ccccc1)N1CCN(C2CCCCC2)CC1.Cl.Cl. The third-order valence-electron chi connectivity index (χ3n) is 6.67. The largest absolute Gasteiger partial charge is 0.496 e. The molecule has 0 spiro atoms. The van der Waals surface area contributed by atoms with Gasteiger partial charge < -0.3 is 4.74 Å². The lowest BCUT2D eigenvalue weighted by atomic mass is 9.93. The Kier molecular flexibility index (Phi) is 10.5. The van der Waals surface area contributed by atoms with Crippen LogP contribution in [0.25, 0.3) is 0 Å². The first-order chi connectivity index (χ1) is 13.8. The third-order valence-corrected chi connectivity index (χ3v) is 6.67. The van der Waals surface area contributed by atoms with Crippen molar-refractivity contribution < 1.29 is 4.74 Å². The predicted octanol–water partition coefficient (Wildman–Crippen LogP) is 5.77. The summed E-state index contributed by atoms with van der Waals surface area (Å²) in [4.78, 5) is 5.46. The molecule has 1 atom stereocenters. The molecule has 0 bridgehead atoms. The lowest BCUT2D eigenvalue weighted by Gasteiger charge is -2.43. The number of para-hydroxylation sites is 1. The third kappa shape index (κ3) is 6.13. The Labute approximate surface area is 194 Å². The van der Waals surface area contributed by atoms with Gasteiger partial charge in [0.15, 0.2) is 0 Å². The minimum absolute atomic E-state index is 0. The van der Waals surface area contributed by atoms with Crippen LogP contribution in [0.15, 0.2) is 54.6 Å². The zero-order valence-corrected chi connectivity index (χ0v) is 19.7. The van der Waals surface area contributed by atoms with Crippen molar-refractivity contribution in [2.75, 3.05) is 33.3 Å². The van der Waals surface area contributed by atoms with E-state index in [4.69, 9.17) is 4.74 Å². The second kappa shape index (κ2) is 12.6. The monoisotopic (exact) mass is 450 g/mol. The molecule has 1 aliphatic heterocycles. The van der Waals surface area contributed by atoms with E-state index in [9.17, 15) is 0 Å². The maximum Gasteiger partial charge on any atom is 0.122 e. The van der Waals surface area contributed by atoms with Gasteiger partial charge >= 0.3 is 0 Å². The molecule has 2 fully saturated rings. The van der Waals surface area contributed by atoms with Crippen molar-refractivity contribution in [2.45, 2.75) is 50.6 Å².